The van der Waals surface area contributed by atoms with E-state index in [-0.39, 0.29) is 11.5 Å². The molecule has 23 heavy (non-hydrogen) atoms. The van der Waals surface area contributed by atoms with Gasteiger partial charge in [-0.25, -0.2) is 4.79 Å². The molecule has 0 saturated carbocycles. The molecule has 0 aliphatic carbocycles. The second-order valence-electron chi connectivity index (χ2n) is 5.43. The first-order valence-electron chi connectivity index (χ1n) is 7.55. The van der Waals surface area contributed by atoms with Gasteiger partial charge >= 0.3 is 5.69 Å². The number of aliphatic hydroxyl groups is 1. The summed E-state index contributed by atoms with van der Waals surface area (Å²) in [6, 6.07) is -1.12. The Bertz CT molecular complexity index is 672. The summed E-state index contributed by atoms with van der Waals surface area (Å²) in [6.45, 7) is 0.608. The largest absolute Gasteiger partial charge is 0.394 e. The number of nitrogens with zero attached hydrogens (tertiary/aromatic N) is 1. The molecule has 4 N–H and O–H groups in total. The van der Waals surface area contributed by atoms with Gasteiger partial charge in [-0.1, -0.05) is 12.8 Å². The first-order chi connectivity index (χ1) is 11.0. The van der Waals surface area contributed by atoms with Crippen LogP contribution in [0.2, 0.25) is 0 Å². The van der Waals surface area contributed by atoms with Crippen molar-refractivity contribution in [2.75, 3.05) is 19.7 Å². The van der Waals surface area contributed by atoms with Crippen molar-refractivity contribution < 1.29 is 14.7 Å². The van der Waals surface area contributed by atoms with Gasteiger partial charge in [0, 0.05) is 19.3 Å². The zero-order chi connectivity index (χ0) is 16.8. The molecular formula is C14H20N4O5. The molecule has 0 unspecified atom stereocenters. The van der Waals surface area contributed by atoms with Crippen LogP contribution < -0.4 is 16.6 Å². The number of H-pyrrole nitrogens is 2. The molecule has 1 aromatic rings. The van der Waals surface area contributed by atoms with Crippen molar-refractivity contribution in [2.24, 2.45) is 0 Å². The standard InChI is InChI=1S/C14H20N4O5/c19-8-10(13(22)18-5-3-1-2-4-6-18)16-11(20)9-7-15-14(23)17-12(9)21/h7,10,19H,1-6,8H2,(H,16,20)(H2,15,17,21,23)/t10-/m0/s1. The van der Waals surface area contributed by atoms with Gasteiger partial charge in [0.05, 0.1) is 6.61 Å². The molecule has 2 heterocycles. The van der Waals surface area contributed by atoms with Crippen LogP contribution in [-0.2, 0) is 4.79 Å². The minimum absolute atomic E-state index is 0.327. The maximum absolute atomic E-state index is 12.4. The van der Waals surface area contributed by atoms with Crippen molar-refractivity contribution in [1.29, 1.82) is 0 Å². The monoisotopic (exact) mass is 324 g/mol. The minimum atomic E-state index is -1.12. The van der Waals surface area contributed by atoms with Gasteiger partial charge in [0.15, 0.2) is 0 Å². The molecule has 9 heteroatoms. The van der Waals surface area contributed by atoms with E-state index >= 15 is 0 Å². The molecule has 1 saturated heterocycles. The summed E-state index contributed by atoms with van der Waals surface area (Å²) in [7, 11) is 0. The highest BCUT2D eigenvalue weighted by Gasteiger charge is 2.27. The highest BCUT2D eigenvalue weighted by atomic mass is 16.3. The third kappa shape index (κ3) is 4.28. The topological polar surface area (TPSA) is 135 Å². The van der Waals surface area contributed by atoms with E-state index in [1.54, 1.807) is 4.90 Å². The third-order valence-corrected chi connectivity index (χ3v) is 3.77. The van der Waals surface area contributed by atoms with Gasteiger partial charge in [-0.05, 0) is 12.8 Å². The van der Waals surface area contributed by atoms with E-state index in [0.717, 1.165) is 31.9 Å². The molecular weight excluding hydrogens is 304 g/mol. The molecule has 1 aromatic heterocycles. The summed E-state index contributed by atoms with van der Waals surface area (Å²) in [4.78, 5) is 52.7. The molecule has 1 aliphatic rings. The number of carbonyl (C=O) groups excluding carboxylic acids is 2. The average molecular weight is 324 g/mol. The number of carbonyl (C=O) groups is 2. The second kappa shape index (κ2) is 7.73. The Hall–Kier alpha value is -2.42. The number of amides is 2. The van der Waals surface area contributed by atoms with Crippen LogP contribution in [0.3, 0.4) is 0 Å². The van der Waals surface area contributed by atoms with Crippen molar-refractivity contribution in [2.45, 2.75) is 31.7 Å². The van der Waals surface area contributed by atoms with Crippen molar-refractivity contribution >= 4 is 11.8 Å². The Morgan fingerprint density at radius 3 is 2.43 bits per heavy atom. The lowest BCUT2D eigenvalue weighted by Gasteiger charge is -2.25. The predicted octanol–water partition coefficient (Wildman–Crippen LogP) is -1.44. The molecule has 0 radical (unpaired) electrons. The molecule has 0 spiro atoms. The van der Waals surface area contributed by atoms with Crippen molar-refractivity contribution in [1.82, 2.24) is 20.2 Å². The Morgan fingerprint density at radius 2 is 1.87 bits per heavy atom. The highest BCUT2D eigenvalue weighted by Crippen LogP contribution is 2.10. The molecule has 0 bridgehead atoms. The van der Waals surface area contributed by atoms with Crippen LogP contribution in [0.25, 0.3) is 0 Å². The maximum atomic E-state index is 12.4. The average Bonchev–Trinajstić information content (AvgIpc) is 2.81. The fourth-order valence-corrected chi connectivity index (χ4v) is 2.51. The summed E-state index contributed by atoms with van der Waals surface area (Å²) < 4.78 is 0. The van der Waals surface area contributed by atoms with Crippen LogP contribution in [0.15, 0.2) is 15.8 Å². The van der Waals surface area contributed by atoms with Crippen LogP contribution in [0, 0.1) is 0 Å². The summed E-state index contributed by atoms with van der Waals surface area (Å²) in [6.07, 6.45) is 4.84. The molecule has 1 aliphatic heterocycles. The van der Waals surface area contributed by atoms with E-state index in [4.69, 9.17) is 0 Å². The van der Waals surface area contributed by atoms with Gasteiger partial charge in [0.1, 0.15) is 11.6 Å². The number of hydrogen-bond donors (Lipinski definition) is 4. The number of nitrogens with one attached hydrogen (secondary N) is 3. The number of rotatable bonds is 4. The Balaban J connectivity index is 2.08. The molecule has 1 atom stereocenters. The number of aromatic amines is 2. The third-order valence-electron chi connectivity index (χ3n) is 3.77. The molecule has 0 aromatic carbocycles. The minimum Gasteiger partial charge on any atom is -0.394 e. The smallest absolute Gasteiger partial charge is 0.325 e. The molecule has 2 rings (SSSR count). The lowest BCUT2D eigenvalue weighted by atomic mass is 10.2. The van der Waals surface area contributed by atoms with E-state index in [1.165, 1.54) is 0 Å². The van der Waals surface area contributed by atoms with Gasteiger partial charge in [0.2, 0.25) is 5.91 Å². The Morgan fingerprint density at radius 1 is 1.22 bits per heavy atom. The van der Waals surface area contributed by atoms with E-state index in [9.17, 15) is 24.3 Å². The van der Waals surface area contributed by atoms with Gasteiger partial charge in [0.25, 0.3) is 11.5 Å². The van der Waals surface area contributed by atoms with E-state index < -0.39 is 29.8 Å². The maximum Gasteiger partial charge on any atom is 0.325 e. The lowest BCUT2D eigenvalue weighted by Crippen LogP contribution is -2.51. The molecule has 1 fully saturated rings. The SMILES string of the molecule is O=C(N[C@@H](CO)C(=O)N1CCCCCC1)c1c[nH]c(=O)[nH]c1=O. The Labute approximate surface area is 131 Å². The summed E-state index contributed by atoms with van der Waals surface area (Å²) in [5.41, 5.74) is -1.91. The zero-order valence-corrected chi connectivity index (χ0v) is 12.6. The van der Waals surface area contributed by atoms with Crippen LogP contribution in [0.5, 0.6) is 0 Å². The summed E-state index contributed by atoms with van der Waals surface area (Å²) in [5.74, 6) is -1.20. The quantitative estimate of drug-likeness (QED) is 0.538. The zero-order valence-electron chi connectivity index (χ0n) is 12.6. The van der Waals surface area contributed by atoms with Gasteiger partial charge < -0.3 is 20.3 Å². The molecule has 9 nitrogen and oxygen atoms in total. The Kier molecular flexibility index (Phi) is 5.69. The van der Waals surface area contributed by atoms with Gasteiger partial charge in [-0.3, -0.25) is 19.4 Å². The number of aliphatic hydroxyl groups excluding tert-OH is 1. The van der Waals surface area contributed by atoms with Crippen LogP contribution in [0.1, 0.15) is 36.0 Å². The fourth-order valence-electron chi connectivity index (χ4n) is 2.51. The number of hydrogen-bond acceptors (Lipinski definition) is 5. The van der Waals surface area contributed by atoms with Gasteiger partial charge in [-0.2, -0.15) is 0 Å². The first kappa shape index (κ1) is 16.9. The van der Waals surface area contributed by atoms with E-state index in [0.29, 0.717) is 13.1 Å². The summed E-state index contributed by atoms with van der Waals surface area (Å²) in [5, 5.41) is 11.7. The molecule has 2 amide bonds. The van der Waals surface area contributed by atoms with Crippen molar-refractivity contribution in [3.05, 3.63) is 32.6 Å². The summed E-state index contributed by atoms with van der Waals surface area (Å²) >= 11 is 0. The second-order valence-corrected chi connectivity index (χ2v) is 5.43. The van der Waals surface area contributed by atoms with E-state index in [2.05, 4.69) is 10.3 Å². The predicted molar refractivity (Wildman–Crippen MR) is 81.1 cm³/mol. The van der Waals surface area contributed by atoms with E-state index in [1.807, 2.05) is 4.98 Å². The van der Waals surface area contributed by atoms with Crippen molar-refractivity contribution in [3.63, 3.8) is 0 Å². The number of likely N-dealkylation sites (tertiary alicyclic amines) is 1. The normalized spacial score (nSPS) is 16.5. The highest BCUT2D eigenvalue weighted by molar-refractivity contribution is 5.97. The number of aromatic nitrogens is 2. The van der Waals surface area contributed by atoms with Gasteiger partial charge in [-0.15, -0.1) is 0 Å². The fraction of sp³-hybridized carbons (Fsp3) is 0.571. The molecule has 126 valence electrons. The lowest BCUT2D eigenvalue weighted by molar-refractivity contribution is -0.134. The van der Waals surface area contributed by atoms with Crippen LogP contribution >= 0.6 is 0 Å². The van der Waals surface area contributed by atoms with Crippen molar-refractivity contribution in [3.8, 4) is 0 Å². The van der Waals surface area contributed by atoms with Crippen LogP contribution in [0.4, 0.5) is 0 Å². The first-order valence-corrected chi connectivity index (χ1v) is 7.55. The van der Waals surface area contributed by atoms with Crippen LogP contribution in [-0.4, -0.2) is 57.5 Å².